The minimum atomic E-state index is -0.993. The average molecular weight is 439 g/mol. The molecule has 1 aromatic heterocycles. The molecule has 3 amide bonds. The predicted octanol–water partition coefficient (Wildman–Crippen LogP) is 2.66. The van der Waals surface area contributed by atoms with E-state index in [1.165, 1.54) is 24.3 Å². The van der Waals surface area contributed by atoms with Gasteiger partial charge in [0, 0.05) is 17.3 Å². The summed E-state index contributed by atoms with van der Waals surface area (Å²) in [7, 11) is 0. The highest BCUT2D eigenvalue weighted by Crippen LogP contribution is 2.15. The smallest absolute Gasteiger partial charge is 0.268 e. The third-order valence-electron chi connectivity index (χ3n) is 5.12. The molecule has 168 valence electrons. The van der Waals surface area contributed by atoms with Gasteiger partial charge in [-0.25, -0.2) is 4.39 Å². The first-order valence-corrected chi connectivity index (χ1v) is 10.5. The molecule has 8 heteroatoms. The highest BCUT2D eigenvalue weighted by atomic mass is 19.1. The van der Waals surface area contributed by atoms with E-state index in [4.69, 9.17) is 5.73 Å². The summed E-state index contributed by atoms with van der Waals surface area (Å²) in [6, 6.07) is 13.0. The zero-order chi connectivity index (χ0) is 23.3. The first-order chi connectivity index (χ1) is 15.2. The van der Waals surface area contributed by atoms with Crippen LogP contribution in [0.5, 0.6) is 0 Å². The van der Waals surface area contributed by atoms with Crippen LogP contribution >= 0.6 is 0 Å². The molecule has 0 saturated carbocycles. The van der Waals surface area contributed by atoms with Gasteiger partial charge in [0.1, 0.15) is 23.6 Å². The van der Waals surface area contributed by atoms with Crippen LogP contribution < -0.4 is 16.4 Å². The van der Waals surface area contributed by atoms with Gasteiger partial charge in [0.25, 0.3) is 5.91 Å². The number of carbonyl (C=O) groups is 3. The maximum absolute atomic E-state index is 13.1. The van der Waals surface area contributed by atoms with Crippen LogP contribution in [0.1, 0.15) is 36.3 Å². The van der Waals surface area contributed by atoms with Gasteiger partial charge in [-0.3, -0.25) is 14.4 Å². The Morgan fingerprint density at radius 1 is 1.00 bits per heavy atom. The molecule has 1 heterocycles. The fraction of sp³-hybridized carbons (Fsp3) is 0.292. The number of benzene rings is 2. The molecule has 0 fully saturated rings. The molecule has 32 heavy (non-hydrogen) atoms. The normalized spacial score (nSPS) is 13.0. The molecule has 7 nitrogen and oxygen atoms in total. The van der Waals surface area contributed by atoms with Crippen molar-refractivity contribution >= 4 is 28.6 Å². The van der Waals surface area contributed by atoms with Crippen LogP contribution in [-0.4, -0.2) is 34.8 Å². The van der Waals surface area contributed by atoms with Crippen molar-refractivity contribution in [1.82, 2.24) is 15.6 Å². The quantitative estimate of drug-likeness (QED) is 0.411. The molecule has 0 saturated heterocycles. The molecule has 3 rings (SSSR count). The van der Waals surface area contributed by atoms with Crippen LogP contribution in [0.3, 0.4) is 0 Å². The van der Waals surface area contributed by atoms with Gasteiger partial charge in [-0.2, -0.15) is 0 Å². The summed E-state index contributed by atoms with van der Waals surface area (Å²) >= 11 is 0. The molecule has 5 N–H and O–H groups in total. The standard InChI is InChI=1S/C24H27FN4O3/c1-14(2)11-20(29-24(32)21-13-16-5-3-4-6-18(16)27-21)23(31)28-19(22(26)30)12-15-7-9-17(25)10-8-15/h3-10,13-14,19-20,27H,11-12H2,1-2H3,(H2,26,30)(H,28,31)(H,29,32)/t19?,20-/m0/s1. The molecule has 0 spiro atoms. The molecule has 0 aliphatic carbocycles. The number of fused-ring (bicyclic) bond motifs is 1. The van der Waals surface area contributed by atoms with Crippen molar-refractivity contribution in [3.8, 4) is 0 Å². The lowest BCUT2D eigenvalue weighted by molar-refractivity contribution is -0.128. The van der Waals surface area contributed by atoms with Gasteiger partial charge in [-0.05, 0) is 42.2 Å². The second-order valence-corrected chi connectivity index (χ2v) is 8.22. The van der Waals surface area contributed by atoms with Crippen molar-refractivity contribution in [2.45, 2.75) is 38.8 Å². The number of carbonyl (C=O) groups excluding carboxylic acids is 3. The molecule has 0 bridgehead atoms. The Hall–Kier alpha value is -3.68. The number of halogens is 1. The van der Waals surface area contributed by atoms with Crippen LogP contribution in [0.2, 0.25) is 0 Å². The molecule has 1 unspecified atom stereocenters. The molecular formula is C24H27FN4O3. The van der Waals surface area contributed by atoms with Crippen molar-refractivity contribution < 1.29 is 18.8 Å². The number of amides is 3. The van der Waals surface area contributed by atoms with Gasteiger partial charge in [0.05, 0.1) is 0 Å². The molecule has 0 radical (unpaired) electrons. The highest BCUT2D eigenvalue weighted by Gasteiger charge is 2.27. The van der Waals surface area contributed by atoms with E-state index in [-0.39, 0.29) is 12.3 Å². The first-order valence-electron chi connectivity index (χ1n) is 10.5. The Balaban J connectivity index is 1.72. The van der Waals surface area contributed by atoms with Crippen LogP contribution in [0.15, 0.2) is 54.6 Å². The fourth-order valence-electron chi connectivity index (χ4n) is 3.49. The third-order valence-corrected chi connectivity index (χ3v) is 5.12. The van der Waals surface area contributed by atoms with E-state index in [9.17, 15) is 18.8 Å². The topological polar surface area (TPSA) is 117 Å². The van der Waals surface area contributed by atoms with Gasteiger partial charge >= 0.3 is 0 Å². The van der Waals surface area contributed by atoms with E-state index < -0.39 is 35.6 Å². The number of aromatic amines is 1. The number of para-hydroxylation sites is 1. The highest BCUT2D eigenvalue weighted by molar-refractivity contribution is 6.00. The zero-order valence-corrected chi connectivity index (χ0v) is 18.0. The number of hydrogen-bond donors (Lipinski definition) is 4. The van der Waals surface area contributed by atoms with Gasteiger partial charge < -0.3 is 21.4 Å². The van der Waals surface area contributed by atoms with E-state index >= 15 is 0 Å². The number of aromatic nitrogens is 1. The van der Waals surface area contributed by atoms with E-state index in [1.807, 2.05) is 38.1 Å². The van der Waals surface area contributed by atoms with Crippen LogP contribution in [0, 0.1) is 11.7 Å². The molecule has 2 aromatic carbocycles. The summed E-state index contributed by atoms with van der Waals surface area (Å²) in [6.07, 6.45) is 0.492. The van der Waals surface area contributed by atoms with Gasteiger partial charge in [-0.15, -0.1) is 0 Å². The van der Waals surface area contributed by atoms with E-state index in [2.05, 4.69) is 15.6 Å². The number of nitrogens with one attached hydrogen (secondary N) is 3. The zero-order valence-electron chi connectivity index (χ0n) is 18.0. The Morgan fingerprint density at radius 2 is 1.69 bits per heavy atom. The van der Waals surface area contributed by atoms with Crippen LogP contribution in [-0.2, 0) is 16.0 Å². The van der Waals surface area contributed by atoms with Crippen molar-refractivity contribution in [1.29, 1.82) is 0 Å². The Morgan fingerprint density at radius 3 is 2.31 bits per heavy atom. The van der Waals surface area contributed by atoms with E-state index in [0.29, 0.717) is 17.7 Å². The Bertz CT molecular complexity index is 1070. The predicted molar refractivity (Wildman–Crippen MR) is 120 cm³/mol. The lowest BCUT2D eigenvalue weighted by atomic mass is 10.0. The average Bonchev–Trinajstić information content (AvgIpc) is 3.18. The van der Waals surface area contributed by atoms with E-state index in [0.717, 1.165) is 10.9 Å². The lowest BCUT2D eigenvalue weighted by Gasteiger charge is -2.23. The number of rotatable bonds is 9. The van der Waals surface area contributed by atoms with E-state index in [1.54, 1.807) is 6.07 Å². The summed E-state index contributed by atoms with van der Waals surface area (Å²) < 4.78 is 13.1. The second-order valence-electron chi connectivity index (χ2n) is 8.22. The largest absolute Gasteiger partial charge is 0.368 e. The molecule has 3 aromatic rings. The summed E-state index contributed by atoms with van der Waals surface area (Å²) in [6.45, 7) is 3.86. The minimum Gasteiger partial charge on any atom is -0.368 e. The van der Waals surface area contributed by atoms with Crippen molar-refractivity contribution in [2.24, 2.45) is 11.7 Å². The maximum atomic E-state index is 13.1. The van der Waals surface area contributed by atoms with Gasteiger partial charge in [0.2, 0.25) is 11.8 Å². The fourth-order valence-corrected chi connectivity index (χ4v) is 3.49. The maximum Gasteiger partial charge on any atom is 0.268 e. The van der Waals surface area contributed by atoms with Crippen molar-refractivity contribution in [3.63, 3.8) is 0 Å². The minimum absolute atomic E-state index is 0.109. The second kappa shape index (κ2) is 10.1. The number of nitrogens with two attached hydrogens (primary N) is 1. The third kappa shape index (κ3) is 5.94. The number of hydrogen-bond acceptors (Lipinski definition) is 3. The molecular weight excluding hydrogens is 411 g/mol. The monoisotopic (exact) mass is 438 g/mol. The van der Waals surface area contributed by atoms with Crippen molar-refractivity contribution in [2.75, 3.05) is 0 Å². The molecule has 2 atom stereocenters. The summed E-state index contributed by atoms with van der Waals surface area (Å²) in [5, 5.41) is 6.28. The van der Waals surface area contributed by atoms with Gasteiger partial charge in [0.15, 0.2) is 0 Å². The Labute approximate surface area is 185 Å². The molecule has 0 aliphatic heterocycles. The SMILES string of the molecule is CC(C)C[C@H](NC(=O)c1cc2ccccc2[nH]1)C(=O)NC(Cc1ccc(F)cc1)C(N)=O. The lowest BCUT2D eigenvalue weighted by Crippen LogP contribution is -2.54. The van der Waals surface area contributed by atoms with Crippen LogP contribution in [0.25, 0.3) is 10.9 Å². The summed E-state index contributed by atoms with van der Waals surface area (Å²) in [4.78, 5) is 40.8. The first kappa shape index (κ1) is 23.0. The molecule has 0 aliphatic rings. The number of H-pyrrole nitrogens is 1. The summed E-state index contributed by atoms with van der Waals surface area (Å²) in [5.74, 6) is -1.93. The van der Waals surface area contributed by atoms with Crippen molar-refractivity contribution in [3.05, 3.63) is 71.7 Å². The number of primary amides is 1. The Kier molecular flexibility index (Phi) is 7.25. The summed E-state index contributed by atoms with van der Waals surface area (Å²) in [5.41, 5.74) is 7.28. The van der Waals surface area contributed by atoms with Gasteiger partial charge in [-0.1, -0.05) is 44.2 Å². The van der Waals surface area contributed by atoms with Crippen LogP contribution in [0.4, 0.5) is 4.39 Å².